The molecule has 0 spiro atoms. The van der Waals surface area contributed by atoms with Gasteiger partial charge in [-0.1, -0.05) is 31.5 Å². The lowest BCUT2D eigenvalue weighted by atomic mass is 10.0. The van der Waals surface area contributed by atoms with Crippen molar-refractivity contribution in [1.29, 1.82) is 0 Å². The lowest BCUT2D eigenvalue weighted by Crippen LogP contribution is -2.45. The highest BCUT2D eigenvalue weighted by Crippen LogP contribution is 2.23. The monoisotopic (exact) mass is 399 g/mol. The van der Waals surface area contributed by atoms with Gasteiger partial charge in [-0.2, -0.15) is 0 Å². The molecule has 1 rings (SSSR count). The van der Waals surface area contributed by atoms with Crippen molar-refractivity contribution in [3.63, 3.8) is 0 Å². The second kappa shape index (κ2) is 9.83. The van der Waals surface area contributed by atoms with Crippen LogP contribution in [-0.4, -0.2) is 35.9 Å². The van der Waals surface area contributed by atoms with E-state index < -0.39 is 29.8 Å². The summed E-state index contributed by atoms with van der Waals surface area (Å²) in [5, 5.41) is 3.04. The minimum atomic E-state index is -0.846. The minimum Gasteiger partial charge on any atom is -0.486 e. The molecule has 0 saturated carbocycles. The summed E-state index contributed by atoms with van der Waals surface area (Å²) >= 11 is 5.99. The van der Waals surface area contributed by atoms with Crippen LogP contribution in [0.3, 0.4) is 0 Å². The molecule has 0 bridgehead atoms. The molecule has 7 heteroatoms. The number of ether oxygens (including phenoxy) is 3. The first-order valence-corrected chi connectivity index (χ1v) is 9.39. The molecule has 1 amide bonds. The Hall–Kier alpha value is -1.95. The summed E-state index contributed by atoms with van der Waals surface area (Å²) in [6.07, 6.45) is -1.57. The first-order chi connectivity index (χ1) is 12.4. The molecule has 6 nitrogen and oxygen atoms in total. The van der Waals surface area contributed by atoms with Crippen LogP contribution in [0, 0.1) is 5.92 Å². The second-order valence-corrected chi connectivity index (χ2v) is 8.23. The first-order valence-electron chi connectivity index (χ1n) is 9.01. The van der Waals surface area contributed by atoms with Gasteiger partial charge in [-0.05, 0) is 58.7 Å². The van der Waals surface area contributed by atoms with Crippen molar-refractivity contribution < 1.29 is 23.8 Å². The van der Waals surface area contributed by atoms with Gasteiger partial charge in [0.15, 0.2) is 0 Å². The number of esters is 1. The van der Waals surface area contributed by atoms with E-state index in [9.17, 15) is 9.59 Å². The van der Waals surface area contributed by atoms with E-state index in [0.717, 1.165) is 0 Å². The summed E-state index contributed by atoms with van der Waals surface area (Å²) in [5.41, 5.74) is -0.644. The zero-order chi connectivity index (χ0) is 20.8. The maximum Gasteiger partial charge on any atom is 0.408 e. The predicted molar refractivity (Wildman–Crippen MR) is 105 cm³/mol. The standard InChI is InChI=1S/C20H30ClNO5/c1-12(2)17(26-16-10-8-9-15(21)11-16)14(4)25-18(23)13(3)22-19(24)27-20(5,6)7/h8-14,17H,1-7H3,(H,22,24)/t13-,14-,17+/m0/s1. The Morgan fingerprint density at radius 2 is 1.74 bits per heavy atom. The number of alkyl carbamates (subject to hydrolysis) is 1. The van der Waals surface area contributed by atoms with E-state index in [1.165, 1.54) is 0 Å². The van der Waals surface area contributed by atoms with Gasteiger partial charge in [0, 0.05) is 5.02 Å². The van der Waals surface area contributed by atoms with E-state index in [-0.39, 0.29) is 12.0 Å². The molecule has 1 N–H and O–H groups in total. The molecule has 152 valence electrons. The summed E-state index contributed by atoms with van der Waals surface area (Å²) in [4.78, 5) is 24.1. The molecule has 0 heterocycles. The normalized spacial score (nSPS) is 14.9. The number of rotatable bonds is 7. The summed E-state index contributed by atoms with van der Waals surface area (Å²) in [6.45, 7) is 12.5. The number of carbonyl (C=O) groups excluding carboxylic acids is 2. The summed E-state index contributed by atoms with van der Waals surface area (Å²) in [7, 11) is 0. The first kappa shape index (κ1) is 23.1. The Morgan fingerprint density at radius 3 is 2.26 bits per heavy atom. The van der Waals surface area contributed by atoms with Crippen LogP contribution < -0.4 is 10.1 Å². The van der Waals surface area contributed by atoms with Crippen LogP contribution in [0.2, 0.25) is 5.02 Å². The van der Waals surface area contributed by atoms with Crippen molar-refractivity contribution in [2.24, 2.45) is 5.92 Å². The van der Waals surface area contributed by atoms with Crippen LogP contribution in [0.5, 0.6) is 5.75 Å². The molecule has 1 aromatic carbocycles. The van der Waals surface area contributed by atoms with Crippen LogP contribution in [0.25, 0.3) is 0 Å². The van der Waals surface area contributed by atoms with Gasteiger partial charge in [-0.25, -0.2) is 9.59 Å². The molecule has 0 fully saturated rings. The van der Waals surface area contributed by atoms with Crippen LogP contribution in [0.15, 0.2) is 24.3 Å². The SMILES string of the molecule is CC(C)[C@@H](Oc1cccc(Cl)c1)[C@H](C)OC(=O)[C@H](C)NC(=O)OC(C)(C)C. The molecule has 0 aliphatic rings. The van der Waals surface area contributed by atoms with E-state index in [2.05, 4.69) is 5.32 Å². The zero-order valence-corrected chi connectivity index (χ0v) is 17.8. The Morgan fingerprint density at radius 1 is 1.11 bits per heavy atom. The third kappa shape index (κ3) is 8.52. The lowest BCUT2D eigenvalue weighted by Gasteiger charge is -2.29. The fourth-order valence-corrected chi connectivity index (χ4v) is 2.55. The quantitative estimate of drug-likeness (QED) is 0.679. The van der Waals surface area contributed by atoms with Gasteiger partial charge in [0.25, 0.3) is 0 Å². The molecular weight excluding hydrogens is 370 g/mol. The van der Waals surface area contributed by atoms with Gasteiger partial charge in [-0.15, -0.1) is 0 Å². The number of halogens is 1. The Labute approximate surface area is 166 Å². The summed E-state index contributed by atoms with van der Waals surface area (Å²) in [6, 6.07) is 6.20. The van der Waals surface area contributed by atoms with Crippen molar-refractivity contribution in [3.05, 3.63) is 29.3 Å². The topological polar surface area (TPSA) is 73.9 Å². The molecule has 0 saturated heterocycles. The predicted octanol–water partition coefficient (Wildman–Crippen LogP) is 4.59. The lowest BCUT2D eigenvalue weighted by molar-refractivity contribution is -0.156. The van der Waals surface area contributed by atoms with Crippen molar-refractivity contribution in [3.8, 4) is 5.75 Å². The Balaban J connectivity index is 2.67. The van der Waals surface area contributed by atoms with Crippen molar-refractivity contribution in [1.82, 2.24) is 5.32 Å². The average molecular weight is 400 g/mol. The van der Waals surface area contributed by atoms with Gasteiger partial charge in [0.1, 0.15) is 29.6 Å². The molecule has 0 radical (unpaired) electrons. The number of nitrogens with one attached hydrogen (secondary N) is 1. The van der Waals surface area contributed by atoms with Crippen molar-refractivity contribution in [2.45, 2.75) is 72.3 Å². The van der Waals surface area contributed by atoms with Crippen LogP contribution in [-0.2, 0) is 14.3 Å². The molecule has 0 unspecified atom stereocenters. The van der Waals surface area contributed by atoms with E-state index in [1.54, 1.807) is 58.9 Å². The zero-order valence-electron chi connectivity index (χ0n) is 17.0. The molecule has 3 atom stereocenters. The van der Waals surface area contributed by atoms with Crippen molar-refractivity contribution >= 4 is 23.7 Å². The smallest absolute Gasteiger partial charge is 0.408 e. The molecule has 1 aromatic rings. The highest BCUT2D eigenvalue weighted by Gasteiger charge is 2.29. The maximum absolute atomic E-state index is 12.3. The van der Waals surface area contributed by atoms with Crippen molar-refractivity contribution in [2.75, 3.05) is 0 Å². The third-order valence-electron chi connectivity index (χ3n) is 3.58. The Kier molecular flexibility index (Phi) is 8.41. The summed E-state index contributed by atoms with van der Waals surface area (Å²) < 4.78 is 16.6. The highest BCUT2D eigenvalue weighted by molar-refractivity contribution is 6.30. The molecule has 0 aliphatic heterocycles. The maximum atomic E-state index is 12.3. The Bertz CT molecular complexity index is 642. The number of benzene rings is 1. The number of hydrogen-bond donors (Lipinski definition) is 1. The van der Waals surface area contributed by atoms with Gasteiger partial charge in [-0.3, -0.25) is 0 Å². The van der Waals surface area contributed by atoms with E-state index in [4.69, 9.17) is 25.8 Å². The molecule has 0 aliphatic carbocycles. The number of carbonyl (C=O) groups is 2. The van der Waals surface area contributed by atoms with E-state index in [0.29, 0.717) is 10.8 Å². The van der Waals surface area contributed by atoms with E-state index >= 15 is 0 Å². The fraction of sp³-hybridized carbons (Fsp3) is 0.600. The van der Waals surface area contributed by atoms with Crippen LogP contribution >= 0.6 is 11.6 Å². The second-order valence-electron chi connectivity index (χ2n) is 7.79. The average Bonchev–Trinajstić information content (AvgIpc) is 2.50. The molecule has 27 heavy (non-hydrogen) atoms. The minimum absolute atomic E-state index is 0.0842. The van der Waals surface area contributed by atoms with Crippen LogP contribution in [0.1, 0.15) is 48.5 Å². The number of hydrogen-bond acceptors (Lipinski definition) is 5. The van der Waals surface area contributed by atoms with Gasteiger partial charge < -0.3 is 19.5 Å². The van der Waals surface area contributed by atoms with E-state index in [1.807, 2.05) is 13.8 Å². The van der Waals surface area contributed by atoms with Gasteiger partial charge in [0.05, 0.1) is 0 Å². The summed E-state index contributed by atoms with van der Waals surface area (Å²) in [5.74, 6) is 0.124. The molecular formula is C20H30ClNO5. The number of amides is 1. The fourth-order valence-electron chi connectivity index (χ4n) is 2.37. The molecule has 0 aromatic heterocycles. The van der Waals surface area contributed by atoms with Crippen LogP contribution in [0.4, 0.5) is 4.79 Å². The highest BCUT2D eigenvalue weighted by atomic mass is 35.5. The van der Waals surface area contributed by atoms with Gasteiger partial charge >= 0.3 is 12.1 Å². The third-order valence-corrected chi connectivity index (χ3v) is 3.81. The van der Waals surface area contributed by atoms with Gasteiger partial charge in [0.2, 0.25) is 0 Å². The largest absolute Gasteiger partial charge is 0.486 e.